The number of likely N-dealkylation sites (tertiary alicyclic amines) is 1. The SMILES string of the molecule is Cn1cnnc1CCN1CC(C#N)CC1=O. The number of amides is 1. The smallest absolute Gasteiger partial charge is 0.224 e. The number of rotatable bonds is 3. The van der Waals surface area contributed by atoms with Crippen LogP contribution in [0.2, 0.25) is 0 Å². The molecule has 0 radical (unpaired) electrons. The molecule has 1 aromatic rings. The summed E-state index contributed by atoms with van der Waals surface area (Å²) in [5, 5.41) is 16.5. The molecule has 1 atom stereocenters. The summed E-state index contributed by atoms with van der Waals surface area (Å²) in [6.07, 6.45) is 2.68. The van der Waals surface area contributed by atoms with Gasteiger partial charge in [0.25, 0.3) is 0 Å². The minimum Gasteiger partial charge on any atom is -0.341 e. The zero-order chi connectivity index (χ0) is 11.5. The molecule has 0 saturated carbocycles. The fourth-order valence-electron chi connectivity index (χ4n) is 1.84. The number of hydrogen-bond donors (Lipinski definition) is 0. The van der Waals surface area contributed by atoms with E-state index >= 15 is 0 Å². The maximum absolute atomic E-state index is 11.5. The Morgan fingerprint density at radius 2 is 2.50 bits per heavy atom. The van der Waals surface area contributed by atoms with E-state index in [-0.39, 0.29) is 11.8 Å². The second-order valence-corrected chi connectivity index (χ2v) is 3.98. The fraction of sp³-hybridized carbons (Fsp3) is 0.600. The van der Waals surface area contributed by atoms with Crippen LogP contribution in [0.3, 0.4) is 0 Å². The summed E-state index contributed by atoms with van der Waals surface area (Å²) in [7, 11) is 1.87. The lowest BCUT2D eigenvalue weighted by Gasteiger charge is -2.14. The zero-order valence-corrected chi connectivity index (χ0v) is 9.13. The predicted molar refractivity (Wildman–Crippen MR) is 55.0 cm³/mol. The maximum atomic E-state index is 11.5. The first-order valence-electron chi connectivity index (χ1n) is 5.21. The van der Waals surface area contributed by atoms with Crippen molar-refractivity contribution < 1.29 is 4.79 Å². The number of carbonyl (C=O) groups excluding carboxylic acids is 1. The van der Waals surface area contributed by atoms with Gasteiger partial charge in [0.2, 0.25) is 5.91 Å². The van der Waals surface area contributed by atoms with Crippen molar-refractivity contribution in [1.82, 2.24) is 19.7 Å². The van der Waals surface area contributed by atoms with Gasteiger partial charge >= 0.3 is 0 Å². The first-order chi connectivity index (χ1) is 7.70. The quantitative estimate of drug-likeness (QED) is 0.701. The van der Waals surface area contributed by atoms with E-state index in [1.807, 2.05) is 11.6 Å². The molecule has 0 N–H and O–H groups in total. The Morgan fingerprint density at radius 3 is 3.06 bits per heavy atom. The molecule has 1 aromatic heterocycles. The van der Waals surface area contributed by atoms with Gasteiger partial charge in [-0.3, -0.25) is 4.79 Å². The number of hydrogen-bond acceptors (Lipinski definition) is 4. The van der Waals surface area contributed by atoms with Crippen molar-refractivity contribution in [2.45, 2.75) is 12.8 Å². The summed E-state index contributed by atoms with van der Waals surface area (Å²) in [5.74, 6) is 0.772. The molecule has 1 aliphatic heterocycles. The van der Waals surface area contributed by atoms with Crippen LogP contribution in [0.25, 0.3) is 0 Å². The highest BCUT2D eigenvalue weighted by Crippen LogP contribution is 2.16. The third-order valence-corrected chi connectivity index (χ3v) is 2.81. The van der Waals surface area contributed by atoms with E-state index in [1.165, 1.54) is 0 Å². The van der Waals surface area contributed by atoms with E-state index in [9.17, 15) is 4.79 Å². The Balaban J connectivity index is 1.90. The first kappa shape index (κ1) is 10.6. The molecule has 84 valence electrons. The van der Waals surface area contributed by atoms with E-state index in [1.54, 1.807) is 11.2 Å². The summed E-state index contributed by atoms with van der Waals surface area (Å²) in [4.78, 5) is 13.2. The summed E-state index contributed by atoms with van der Waals surface area (Å²) in [5.41, 5.74) is 0. The van der Waals surface area contributed by atoms with E-state index < -0.39 is 0 Å². The van der Waals surface area contributed by atoms with Crippen molar-refractivity contribution in [2.24, 2.45) is 13.0 Å². The molecular formula is C10H13N5O. The molecular weight excluding hydrogens is 206 g/mol. The number of nitrogens with zero attached hydrogens (tertiary/aromatic N) is 5. The Kier molecular flexibility index (Phi) is 2.86. The molecule has 1 saturated heterocycles. The molecule has 1 fully saturated rings. The van der Waals surface area contributed by atoms with Crippen molar-refractivity contribution in [1.29, 1.82) is 5.26 Å². The average molecular weight is 219 g/mol. The third-order valence-electron chi connectivity index (χ3n) is 2.81. The molecule has 0 aliphatic carbocycles. The Bertz CT molecular complexity index is 433. The van der Waals surface area contributed by atoms with Crippen molar-refractivity contribution in [2.75, 3.05) is 13.1 Å². The first-order valence-corrected chi connectivity index (χ1v) is 5.21. The van der Waals surface area contributed by atoms with Crippen LogP contribution in [0.5, 0.6) is 0 Å². The van der Waals surface area contributed by atoms with E-state index in [0.29, 0.717) is 25.9 Å². The second-order valence-electron chi connectivity index (χ2n) is 3.98. The average Bonchev–Trinajstić information content (AvgIpc) is 2.82. The molecule has 0 aromatic carbocycles. The van der Waals surface area contributed by atoms with Crippen molar-refractivity contribution >= 4 is 5.91 Å². The van der Waals surface area contributed by atoms with Crippen molar-refractivity contribution in [3.8, 4) is 6.07 Å². The molecule has 1 aliphatic rings. The van der Waals surface area contributed by atoms with Gasteiger partial charge in [-0.05, 0) is 0 Å². The highest BCUT2D eigenvalue weighted by molar-refractivity contribution is 5.79. The molecule has 0 spiro atoms. The summed E-state index contributed by atoms with van der Waals surface area (Å²) < 4.78 is 1.84. The van der Waals surface area contributed by atoms with Gasteiger partial charge in [0, 0.05) is 33.0 Å². The Hall–Kier alpha value is -1.90. The van der Waals surface area contributed by atoms with Crippen LogP contribution in [-0.4, -0.2) is 38.7 Å². The highest BCUT2D eigenvalue weighted by Gasteiger charge is 2.29. The van der Waals surface area contributed by atoms with Gasteiger partial charge < -0.3 is 9.47 Å². The van der Waals surface area contributed by atoms with E-state index in [0.717, 1.165) is 5.82 Å². The molecule has 2 heterocycles. The van der Waals surface area contributed by atoms with Crippen LogP contribution < -0.4 is 0 Å². The fourth-order valence-corrected chi connectivity index (χ4v) is 1.84. The van der Waals surface area contributed by atoms with Crippen molar-refractivity contribution in [3.05, 3.63) is 12.2 Å². The molecule has 1 amide bonds. The predicted octanol–water partition coefficient (Wildman–Crippen LogP) is -0.270. The van der Waals surface area contributed by atoms with Crippen LogP contribution in [-0.2, 0) is 18.3 Å². The lowest BCUT2D eigenvalue weighted by atomic mass is 10.1. The second kappa shape index (κ2) is 4.31. The topological polar surface area (TPSA) is 74.8 Å². The normalized spacial score (nSPS) is 20.1. The largest absolute Gasteiger partial charge is 0.341 e. The molecule has 16 heavy (non-hydrogen) atoms. The van der Waals surface area contributed by atoms with Crippen LogP contribution in [0.15, 0.2) is 6.33 Å². The van der Waals surface area contributed by atoms with Crippen LogP contribution >= 0.6 is 0 Å². The van der Waals surface area contributed by atoms with Gasteiger partial charge in [0.1, 0.15) is 12.2 Å². The van der Waals surface area contributed by atoms with E-state index in [2.05, 4.69) is 16.3 Å². The van der Waals surface area contributed by atoms with Gasteiger partial charge in [0.05, 0.1) is 12.0 Å². The molecule has 6 nitrogen and oxygen atoms in total. The Morgan fingerprint density at radius 1 is 1.69 bits per heavy atom. The number of nitriles is 1. The third kappa shape index (κ3) is 2.03. The molecule has 6 heteroatoms. The molecule has 1 unspecified atom stereocenters. The maximum Gasteiger partial charge on any atom is 0.224 e. The summed E-state index contributed by atoms with van der Waals surface area (Å²) in [6, 6.07) is 2.13. The van der Waals surface area contributed by atoms with Crippen LogP contribution in [0, 0.1) is 17.2 Å². The van der Waals surface area contributed by atoms with E-state index in [4.69, 9.17) is 5.26 Å². The van der Waals surface area contributed by atoms with Crippen molar-refractivity contribution in [3.63, 3.8) is 0 Å². The van der Waals surface area contributed by atoms with Gasteiger partial charge in [-0.2, -0.15) is 5.26 Å². The highest BCUT2D eigenvalue weighted by atomic mass is 16.2. The van der Waals surface area contributed by atoms with Crippen LogP contribution in [0.4, 0.5) is 0 Å². The summed E-state index contributed by atoms with van der Waals surface area (Å²) >= 11 is 0. The lowest BCUT2D eigenvalue weighted by Crippen LogP contribution is -2.28. The molecule has 0 bridgehead atoms. The number of carbonyl (C=O) groups is 1. The van der Waals surface area contributed by atoms with Gasteiger partial charge in [-0.15, -0.1) is 10.2 Å². The zero-order valence-electron chi connectivity index (χ0n) is 9.13. The minimum absolute atomic E-state index is 0.0636. The van der Waals surface area contributed by atoms with Gasteiger partial charge in [-0.25, -0.2) is 0 Å². The standard InChI is InChI=1S/C10H13N5O/c1-14-7-12-13-9(14)2-3-15-6-8(5-11)4-10(15)16/h7-8H,2-4,6H2,1H3. The minimum atomic E-state index is -0.146. The van der Waals surface area contributed by atoms with Gasteiger partial charge in [0.15, 0.2) is 0 Å². The molecule has 2 rings (SSSR count). The summed E-state index contributed by atoms with van der Waals surface area (Å²) in [6.45, 7) is 1.16. The van der Waals surface area contributed by atoms with Crippen LogP contribution in [0.1, 0.15) is 12.2 Å². The monoisotopic (exact) mass is 219 g/mol. The number of aromatic nitrogens is 3. The van der Waals surface area contributed by atoms with Gasteiger partial charge in [-0.1, -0.05) is 0 Å². The number of aryl methyl sites for hydroxylation is 1. The lowest BCUT2D eigenvalue weighted by molar-refractivity contribution is -0.127. The Labute approximate surface area is 93.5 Å².